The zero-order valence-corrected chi connectivity index (χ0v) is 16.9. The van der Waals surface area contributed by atoms with Crippen LogP contribution in [0.25, 0.3) is 11.2 Å². The molecule has 3 heterocycles. The zero-order valence-electron chi connectivity index (χ0n) is 16.9. The smallest absolute Gasteiger partial charge is 0.294 e. The fourth-order valence-corrected chi connectivity index (χ4v) is 3.70. The van der Waals surface area contributed by atoms with Crippen LogP contribution in [0.2, 0.25) is 0 Å². The summed E-state index contributed by atoms with van der Waals surface area (Å²) in [6.45, 7) is 8.36. The Labute approximate surface area is 168 Å². The molecule has 4 rings (SSSR count). The summed E-state index contributed by atoms with van der Waals surface area (Å²) >= 11 is 0. The first-order valence-corrected chi connectivity index (χ1v) is 9.63. The lowest BCUT2D eigenvalue weighted by molar-refractivity contribution is 0.628. The quantitative estimate of drug-likeness (QED) is 0.623. The van der Waals surface area contributed by atoms with Gasteiger partial charge in [-0.15, -0.1) is 6.58 Å². The first-order chi connectivity index (χ1) is 13.9. The van der Waals surface area contributed by atoms with Gasteiger partial charge in [-0.2, -0.15) is 10.1 Å². The third kappa shape index (κ3) is 3.00. The lowest BCUT2D eigenvalue weighted by Gasteiger charge is -2.29. The molecule has 8 nitrogen and oxygen atoms in total. The Kier molecular flexibility index (Phi) is 4.70. The number of allylic oxidation sites excluding steroid dienone is 1. The number of benzene rings is 1. The molecule has 0 bridgehead atoms. The molecular formula is C21H24N6O2. The Morgan fingerprint density at radius 2 is 1.93 bits per heavy atom. The largest absolute Gasteiger partial charge is 0.332 e. The molecule has 1 aliphatic rings. The average molecular weight is 392 g/mol. The number of fused-ring (bicyclic) bond motifs is 3. The SMILES string of the molecule is C=CCn1c(=O)c2c(nc3n2C(C)C(C)=NN3CCc2ccccc2)n(C)c1=O. The van der Waals surface area contributed by atoms with E-state index in [2.05, 4.69) is 23.7 Å². The van der Waals surface area contributed by atoms with Gasteiger partial charge in [0, 0.05) is 20.1 Å². The van der Waals surface area contributed by atoms with Gasteiger partial charge in [-0.3, -0.25) is 18.5 Å². The van der Waals surface area contributed by atoms with Crippen molar-refractivity contribution in [1.29, 1.82) is 0 Å². The van der Waals surface area contributed by atoms with Crippen LogP contribution >= 0.6 is 0 Å². The number of hydrazone groups is 1. The molecule has 3 aromatic rings. The third-order valence-electron chi connectivity index (χ3n) is 5.43. The normalized spacial score (nSPS) is 16.0. The average Bonchev–Trinajstić information content (AvgIpc) is 3.13. The standard InChI is InChI=1S/C21H24N6O2/c1-5-12-25-19(28)17-18(24(4)21(25)29)22-20-26(23-14(2)15(3)27(17)20)13-11-16-9-7-6-8-10-16/h5-10,15H,1,11-13H2,2-4H3. The van der Waals surface area contributed by atoms with Crippen LogP contribution in [0.5, 0.6) is 0 Å². The maximum absolute atomic E-state index is 13.1. The molecule has 29 heavy (non-hydrogen) atoms. The molecule has 1 unspecified atom stereocenters. The second kappa shape index (κ2) is 7.20. The van der Waals surface area contributed by atoms with Crippen molar-refractivity contribution in [2.24, 2.45) is 12.1 Å². The van der Waals surface area contributed by atoms with Gasteiger partial charge in [0.05, 0.1) is 11.8 Å². The van der Waals surface area contributed by atoms with E-state index in [9.17, 15) is 9.59 Å². The molecule has 2 aromatic heterocycles. The highest BCUT2D eigenvalue weighted by atomic mass is 16.2. The van der Waals surface area contributed by atoms with Gasteiger partial charge in [-0.1, -0.05) is 36.4 Å². The Balaban J connectivity index is 1.88. The number of aryl methyl sites for hydroxylation is 1. The fraction of sp³-hybridized carbons (Fsp3) is 0.333. The Bertz CT molecular complexity index is 1230. The van der Waals surface area contributed by atoms with Gasteiger partial charge in [-0.05, 0) is 25.8 Å². The van der Waals surface area contributed by atoms with Crippen molar-refractivity contribution >= 4 is 22.8 Å². The van der Waals surface area contributed by atoms with Crippen LogP contribution < -0.4 is 16.3 Å². The van der Waals surface area contributed by atoms with Gasteiger partial charge < -0.3 is 0 Å². The molecule has 0 spiro atoms. The summed E-state index contributed by atoms with van der Waals surface area (Å²) in [5.41, 5.74) is 2.10. The van der Waals surface area contributed by atoms with Crippen LogP contribution in [0.4, 0.5) is 5.95 Å². The second-order valence-electron chi connectivity index (χ2n) is 7.28. The van der Waals surface area contributed by atoms with E-state index in [0.717, 1.165) is 12.1 Å². The van der Waals surface area contributed by atoms with E-state index in [1.54, 1.807) is 13.1 Å². The number of aromatic nitrogens is 4. The topological polar surface area (TPSA) is 77.4 Å². The van der Waals surface area contributed by atoms with Crippen LogP contribution in [0.3, 0.4) is 0 Å². The van der Waals surface area contributed by atoms with E-state index in [1.807, 2.05) is 41.6 Å². The van der Waals surface area contributed by atoms with Crippen molar-refractivity contribution in [1.82, 2.24) is 18.7 Å². The minimum Gasteiger partial charge on any atom is -0.294 e. The van der Waals surface area contributed by atoms with Crippen LogP contribution in [0.1, 0.15) is 25.5 Å². The molecule has 1 aliphatic heterocycles. The number of anilines is 1. The Morgan fingerprint density at radius 3 is 2.62 bits per heavy atom. The van der Waals surface area contributed by atoms with Crippen molar-refractivity contribution in [2.45, 2.75) is 32.9 Å². The minimum atomic E-state index is -0.404. The predicted molar refractivity (Wildman–Crippen MR) is 115 cm³/mol. The van der Waals surface area contributed by atoms with Crippen LogP contribution in [-0.2, 0) is 20.0 Å². The lowest BCUT2D eigenvalue weighted by Crippen LogP contribution is -2.40. The molecule has 0 radical (unpaired) electrons. The molecule has 0 fully saturated rings. The van der Waals surface area contributed by atoms with E-state index in [-0.39, 0.29) is 18.1 Å². The van der Waals surface area contributed by atoms with Crippen molar-refractivity contribution < 1.29 is 0 Å². The number of rotatable bonds is 5. The molecule has 1 atom stereocenters. The maximum atomic E-state index is 13.1. The molecular weight excluding hydrogens is 368 g/mol. The number of nitrogens with zero attached hydrogens (tertiary/aromatic N) is 6. The van der Waals surface area contributed by atoms with Crippen molar-refractivity contribution in [3.05, 3.63) is 69.4 Å². The third-order valence-corrected chi connectivity index (χ3v) is 5.43. The fourth-order valence-electron chi connectivity index (χ4n) is 3.70. The molecule has 0 aliphatic carbocycles. The second-order valence-corrected chi connectivity index (χ2v) is 7.28. The number of hydrogen-bond donors (Lipinski definition) is 0. The van der Waals surface area contributed by atoms with Crippen molar-refractivity contribution in [3.8, 4) is 0 Å². The van der Waals surface area contributed by atoms with Crippen molar-refractivity contribution in [3.63, 3.8) is 0 Å². The summed E-state index contributed by atoms with van der Waals surface area (Å²) in [6.07, 6.45) is 2.33. The van der Waals surface area contributed by atoms with E-state index in [1.165, 1.54) is 14.7 Å². The number of hydrogen-bond acceptors (Lipinski definition) is 5. The first-order valence-electron chi connectivity index (χ1n) is 9.63. The molecule has 0 saturated carbocycles. The van der Waals surface area contributed by atoms with Crippen LogP contribution in [0.15, 0.2) is 57.7 Å². The van der Waals surface area contributed by atoms with Gasteiger partial charge in [0.2, 0.25) is 5.95 Å². The zero-order chi connectivity index (χ0) is 20.7. The highest BCUT2D eigenvalue weighted by Crippen LogP contribution is 2.29. The summed E-state index contributed by atoms with van der Waals surface area (Å²) < 4.78 is 4.50. The van der Waals surface area contributed by atoms with Crippen molar-refractivity contribution in [2.75, 3.05) is 11.6 Å². The highest BCUT2D eigenvalue weighted by molar-refractivity contribution is 5.91. The van der Waals surface area contributed by atoms with E-state index in [0.29, 0.717) is 23.7 Å². The van der Waals surface area contributed by atoms with Gasteiger partial charge in [0.15, 0.2) is 11.2 Å². The Hall–Kier alpha value is -3.42. The van der Waals surface area contributed by atoms with Gasteiger partial charge in [0.25, 0.3) is 5.56 Å². The van der Waals surface area contributed by atoms with E-state index < -0.39 is 5.69 Å². The number of imidazole rings is 1. The first kappa shape index (κ1) is 18.9. The maximum Gasteiger partial charge on any atom is 0.332 e. The van der Waals surface area contributed by atoms with Crippen LogP contribution in [-0.4, -0.2) is 30.9 Å². The summed E-state index contributed by atoms with van der Waals surface area (Å²) in [5.74, 6) is 0.581. The monoisotopic (exact) mass is 392 g/mol. The van der Waals surface area contributed by atoms with Gasteiger partial charge >= 0.3 is 5.69 Å². The minimum absolute atomic E-state index is 0.134. The Morgan fingerprint density at radius 1 is 1.21 bits per heavy atom. The van der Waals surface area contributed by atoms with E-state index in [4.69, 9.17) is 5.10 Å². The predicted octanol–water partition coefficient (Wildman–Crippen LogP) is 2.08. The van der Waals surface area contributed by atoms with Gasteiger partial charge in [0.1, 0.15) is 0 Å². The highest BCUT2D eigenvalue weighted by Gasteiger charge is 2.30. The molecule has 0 N–H and O–H groups in total. The molecule has 8 heteroatoms. The molecule has 0 amide bonds. The summed E-state index contributed by atoms with van der Waals surface area (Å²) in [5, 5.41) is 6.53. The van der Waals surface area contributed by atoms with E-state index >= 15 is 0 Å². The van der Waals surface area contributed by atoms with Gasteiger partial charge in [-0.25, -0.2) is 9.80 Å². The summed E-state index contributed by atoms with van der Waals surface area (Å²) in [7, 11) is 1.63. The molecule has 150 valence electrons. The summed E-state index contributed by atoms with van der Waals surface area (Å²) in [6, 6.07) is 10.0. The summed E-state index contributed by atoms with van der Waals surface area (Å²) in [4.78, 5) is 30.4. The molecule has 0 saturated heterocycles. The molecule has 1 aromatic carbocycles. The lowest BCUT2D eigenvalue weighted by atomic mass is 10.1. The van der Waals surface area contributed by atoms with Crippen LogP contribution in [0, 0.1) is 0 Å².